The lowest BCUT2D eigenvalue weighted by atomic mass is 10.0. The van der Waals surface area contributed by atoms with Gasteiger partial charge in [0.2, 0.25) is 0 Å². The predicted molar refractivity (Wildman–Crippen MR) is 59.7 cm³/mol. The zero-order valence-electron chi connectivity index (χ0n) is 10.2. The lowest BCUT2D eigenvalue weighted by molar-refractivity contribution is -0.140. The Balaban J connectivity index is 3.66. The van der Waals surface area contributed by atoms with Crippen molar-refractivity contribution >= 4 is 5.97 Å². The number of carbonyl (C=O) groups is 1. The van der Waals surface area contributed by atoms with Gasteiger partial charge < -0.3 is 14.7 Å². The summed E-state index contributed by atoms with van der Waals surface area (Å²) in [5, 5.41) is 9.82. The van der Waals surface area contributed by atoms with Crippen LogP contribution in [0.2, 0.25) is 0 Å². The summed E-state index contributed by atoms with van der Waals surface area (Å²) in [6.45, 7) is 5.21. The number of aliphatic hydroxyl groups is 1. The van der Waals surface area contributed by atoms with Gasteiger partial charge in [-0.2, -0.15) is 0 Å². The Hall–Kier alpha value is -0.610. The Labute approximate surface area is 92.2 Å². The summed E-state index contributed by atoms with van der Waals surface area (Å²) in [6, 6.07) is 0. The maximum absolute atomic E-state index is 10.8. The normalized spacial score (nSPS) is 15.1. The standard InChI is InChI=1S/C11H23NO3/c1-5-11(2,14)9-12(3)8-6-7-10(13)15-4/h14H,5-9H2,1-4H3. The van der Waals surface area contributed by atoms with Gasteiger partial charge in [0.25, 0.3) is 0 Å². The van der Waals surface area contributed by atoms with Crippen LogP contribution in [0.3, 0.4) is 0 Å². The van der Waals surface area contributed by atoms with E-state index in [9.17, 15) is 9.90 Å². The highest BCUT2D eigenvalue weighted by molar-refractivity contribution is 5.69. The van der Waals surface area contributed by atoms with Crippen molar-refractivity contribution in [2.24, 2.45) is 0 Å². The van der Waals surface area contributed by atoms with Gasteiger partial charge >= 0.3 is 5.97 Å². The van der Waals surface area contributed by atoms with Gasteiger partial charge in [-0.3, -0.25) is 4.79 Å². The van der Waals surface area contributed by atoms with Crippen LogP contribution in [0.15, 0.2) is 0 Å². The van der Waals surface area contributed by atoms with E-state index in [4.69, 9.17) is 0 Å². The number of methoxy groups -OCH3 is 1. The average Bonchev–Trinajstić information content (AvgIpc) is 2.16. The lowest BCUT2D eigenvalue weighted by Gasteiger charge is -2.27. The van der Waals surface area contributed by atoms with Gasteiger partial charge in [-0.05, 0) is 33.4 Å². The Bertz CT molecular complexity index is 192. The van der Waals surface area contributed by atoms with Crippen molar-refractivity contribution in [3.8, 4) is 0 Å². The second-order valence-electron chi connectivity index (χ2n) is 4.27. The van der Waals surface area contributed by atoms with Gasteiger partial charge in [-0.15, -0.1) is 0 Å². The van der Waals surface area contributed by atoms with Crippen LogP contribution in [-0.4, -0.2) is 48.8 Å². The molecule has 0 aliphatic carbocycles. The summed E-state index contributed by atoms with van der Waals surface area (Å²) < 4.78 is 4.55. The van der Waals surface area contributed by atoms with Crippen molar-refractivity contribution in [2.75, 3.05) is 27.2 Å². The number of rotatable bonds is 7. The first kappa shape index (κ1) is 14.4. The van der Waals surface area contributed by atoms with Crippen molar-refractivity contribution < 1.29 is 14.6 Å². The topological polar surface area (TPSA) is 49.8 Å². The summed E-state index contributed by atoms with van der Waals surface area (Å²) >= 11 is 0. The molecule has 4 heteroatoms. The van der Waals surface area contributed by atoms with Crippen LogP contribution in [0.4, 0.5) is 0 Å². The fourth-order valence-electron chi connectivity index (χ4n) is 1.37. The molecule has 0 rings (SSSR count). The van der Waals surface area contributed by atoms with Crippen LogP contribution in [0, 0.1) is 0 Å². The molecule has 1 atom stereocenters. The fourth-order valence-corrected chi connectivity index (χ4v) is 1.37. The maximum Gasteiger partial charge on any atom is 0.305 e. The first-order valence-electron chi connectivity index (χ1n) is 5.39. The third-order valence-electron chi connectivity index (χ3n) is 2.52. The first-order valence-corrected chi connectivity index (χ1v) is 5.39. The molecule has 0 amide bonds. The number of hydrogen-bond acceptors (Lipinski definition) is 4. The van der Waals surface area contributed by atoms with Gasteiger partial charge in [0.05, 0.1) is 12.7 Å². The van der Waals surface area contributed by atoms with Crippen molar-refractivity contribution in [2.45, 2.75) is 38.7 Å². The van der Waals surface area contributed by atoms with E-state index < -0.39 is 5.60 Å². The van der Waals surface area contributed by atoms with E-state index in [0.29, 0.717) is 13.0 Å². The Kier molecular flexibility index (Phi) is 6.52. The minimum Gasteiger partial charge on any atom is -0.469 e. The van der Waals surface area contributed by atoms with E-state index in [-0.39, 0.29) is 5.97 Å². The number of carbonyl (C=O) groups excluding carboxylic acids is 1. The molecule has 1 unspecified atom stereocenters. The second-order valence-corrected chi connectivity index (χ2v) is 4.27. The van der Waals surface area contributed by atoms with Gasteiger partial charge in [-0.25, -0.2) is 0 Å². The van der Waals surface area contributed by atoms with Crippen LogP contribution in [0.1, 0.15) is 33.1 Å². The second kappa shape index (κ2) is 6.80. The quantitative estimate of drug-likeness (QED) is 0.647. The molecule has 4 nitrogen and oxygen atoms in total. The van der Waals surface area contributed by atoms with Gasteiger partial charge in [0.15, 0.2) is 0 Å². The molecule has 0 saturated carbocycles. The van der Waals surface area contributed by atoms with Gasteiger partial charge in [0, 0.05) is 13.0 Å². The van der Waals surface area contributed by atoms with E-state index in [1.807, 2.05) is 25.8 Å². The fraction of sp³-hybridized carbons (Fsp3) is 0.909. The molecule has 0 aliphatic heterocycles. The minimum atomic E-state index is -0.639. The molecule has 0 aromatic carbocycles. The van der Waals surface area contributed by atoms with E-state index in [0.717, 1.165) is 19.4 Å². The van der Waals surface area contributed by atoms with Crippen LogP contribution < -0.4 is 0 Å². The summed E-state index contributed by atoms with van der Waals surface area (Å²) in [7, 11) is 3.34. The monoisotopic (exact) mass is 217 g/mol. The largest absolute Gasteiger partial charge is 0.469 e. The minimum absolute atomic E-state index is 0.175. The maximum atomic E-state index is 10.8. The van der Waals surface area contributed by atoms with Crippen LogP contribution in [0.25, 0.3) is 0 Å². The number of esters is 1. The van der Waals surface area contributed by atoms with E-state index in [2.05, 4.69) is 4.74 Å². The molecule has 0 aromatic rings. The molecular weight excluding hydrogens is 194 g/mol. The summed E-state index contributed by atoms with van der Waals surface area (Å²) in [5.74, 6) is -0.175. The Morgan fingerprint density at radius 2 is 2.13 bits per heavy atom. The third-order valence-corrected chi connectivity index (χ3v) is 2.52. The average molecular weight is 217 g/mol. The highest BCUT2D eigenvalue weighted by Crippen LogP contribution is 2.10. The summed E-state index contributed by atoms with van der Waals surface area (Å²) in [4.78, 5) is 12.9. The number of nitrogens with zero attached hydrogens (tertiary/aromatic N) is 1. The van der Waals surface area contributed by atoms with Crippen LogP contribution in [0.5, 0.6) is 0 Å². The number of likely N-dealkylation sites (N-methyl/N-ethyl adjacent to an activating group) is 1. The van der Waals surface area contributed by atoms with Gasteiger partial charge in [0.1, 0.15) is 0 Å². The van der Waals surface area contributed by atoms with Crippen molar-refractivity contribution in [1.29, 1.82) is 0 Å². The zero-order valence-corrected chi connectivity index (χ0v) is 10.2. The molecule has 0 aliphatic rings. The van der Waals surface area contributed by atoms with Crippen molar-refractivity contribution in [3.05, 3.63) is 0 Å². The SMILES string of the molecule is CCC(C)(O)CN(C)CCCC(=O)OC. The molecule has 0 fully saturated rings. The van der Waals surface area contributed by atoms with Crippen molar-refractivity contribution in [1.82, 2.24) is 4.90 Å². The smallest absolute Gasteiger partial charge is 0.305 e. The van der Waals surface area contributed by atoms with Crippen LogP contribution in [-0.2, 0) is 9.53 Å². The van der Waals surface area contributed by atoms with Crippen LogP contribution >= 0.6 is 0 Å². The molecular formula is C11H23NO3. The van der Waals surface area contributed by atoms with E-state index >= 15 is 0 Å². The number of ether oxygens (including phenoxy) is 1. The predicted octanol–water partition coefficient (Wildman–Crippen LogP) is 1.03. The molecule has 90 valence electrons. The highest BCUT2D eigenvalue weighted by Gasteiger charge is 2.19. The molecule has 0 spiro atoms. The third kappa shape index (κ3) is 7.33. The Morgan fingerprint density at radius 1 is 1.53 bits per heavy atom. The summed E-state index contributed by atoms with van der Waals surface area (Å²) in [6.07, 6.45) is 1.94. The van der Waals surface area contributed by atoms with Gasteiger partial charge in [-0.1, -0.05) is 6.92 Å². The first-order chi connectivity index (χ1) is 6.91. The Morgan fingerprint density at radius 3 is 2.60 bits per heavy atom. The molecule has 0 aromatic heterocycles. The lowest BCUT2D eigenvalue weighted by Crippen LogP contribution is -2.38. The zero-order chi connectivity index (χ0) is 11.9. The molecule has 1 N–H and O–H groups in total. The molecule has 0 saturated heterocycles. The van der Waals surface area contributed by atoms with Crippen molar-refractivity contribution in [3.63, 3.8) is 0 Å². The summed E-state index contributed by atoms with van der Waals surface area (Å²) in [5.41, 5.74) is -0.639. The number of hydrogen-bond donors (Lipinski definition) is 1. The van der Waals surface area contributed by atoms with E-state index in [1.165, 1.54) is 7.11 Å². The highest BCUT2D eigenvalue weighted by atomic mass is 16.5. The molecule has 0 bridgehead atoms. The molecule has 15 heavy (non-hydrogen) atoms. The molecule has 0 radical (unpaired) electrons. The molecule has 0 heterocycles. The van der Waals surface area contributed by atoms with E-state index in [1.54, 1.807) is 0 Å².